The Morgan fingerprint density at radius 2 is 1.86 bits per heavy atom. The van der Waals surface area contributed by atoms with E-state index in [1.165, 1.54) is 25.7 Å². The zero-order valence-electron chi connectivity index (χ0n) is 8.67. The van der Waals surface area contributed by atoms with Crippen molar-refractivity contribution < 1.29 is 4.79 Å². The van der Waals surface area contributed by atoms with Crippen LogP contribution in [-0.2, 0) is 4.79 Å². The molecule has 2 atom stereocenters. The number of nitrogens with two attached hydrogens (primary N) is 1. The molecule has 2 aliphatic rings. The summed E-state index contributed by atoms with van der Waals surface area (Å²) in [6.45, 7) is 1.06. The predicted molar refractivity (Wildman–Crippen MR) is 55.7 cm³/mol. The second kappa shape index (κ2) is 4.30. The number of primary amides is 1. The fourth-order valence-corrected chi connectivity index (χ4v) is 3.04. The summed E-state index contributed by atoms with van der Waals surface area (Å²) in [5.41, 5.74) is 5.45. The Balaban J connectivity index is 2.01. The van der Waals surface area contributed by atoms with Crippen LogP contribution in [0.25, 0.3) is 0 Å². The molecule has 14 heavy (non-hydrogen) atoms. The lowest BCUT2D eigenvalue weighted by atomic mass is 9.81. The molecule has 3 heteroatoms. The molecule has 1 saturated carbocycles. The van der Waals surface area contributed by atoms with Crippen molar-refractivity contribution in [3.8, 4) is 0 Å². The number of hydrogen-bond donors (Lipinski definition) is 2. The molecule has 1 heterocycles. The van der Waals surface area contributed by atoms with E-state index in [1.54, 1.807) is 0 Å². The van der Waals surface area contributed by atoms with Gasteiger partial charge in [-0.25, -0.2) is 0 Å². The molecule has 3 nitrogen and oxygen atoms in total. The summed E-state index contributed by atoms with van der Waals surface area (Å²) in [4.78, 5) is 11.3. The van der Waals surface area contributed by atoms with Crippen LogP contribution in [0.15, 0.2) is 0 Å². The van der Waals surface area contributed by atoms with E-state index in [1.807, 2.05) is 0 Å². The van der Waals surface area contributed by atoms with Crippen LogP contribution in [0.4, 0.5) is 0 Å². The smallest absolute Gasteiger partial charge is 0.222 e. The molecule has 0 aromatic heterocycles. The van der Waals surface area contributed by atoms with Crippen molar-refractivity contribution in [2.75, 3.05) is 6.54 Å². The minimum absolute atomic E-state index is 0.0897. The van der Waals surface area contributed by atoms with E-state index in [0.717, 1.165) is 19.4 Å². The Morgan fingerprint density at radius 3 is 2.50 bits per heavy atom. The molecule has 2 unspecified atom stereocenters. The standard InChI is InChI=1S/C11H20N2O/c12-11(14)9-6-3-7-13-10(9)8-4-1-2-5-8/h8-10,13H,1-7H2,(H2,12,14). The monoisotopic (exact) mass is 196 g/mol. The van der Waals surface area contributed by atoms with Crippen LogP contribution in [0.1, 0.15) is 38.5 Å². The summed E-state index contributed by atoms with van der Waals surface area (Å²) in [6, 6.07) is 0.378. The maximum atomic E-state index is 11.3. The molecular weight excluding hydrogens is 176 g/mol. The van der Waals surface area contributed by atoms with Crippen LogP contribution in [0.3, 0.4) is 0 Å². The van der Waals surface area contributed by atoms with Crippen molar-refractivity contribution in [3.63, 3.8) is 0 Å². The molecule has 3 N–H and O–H groups in total. The number of hydrogen-bond acceptors (Lipinski definition) is 2. The summed E-state index contributed by atoms with van der Waals surface area (Å²) in [5, 5.41) is 3.49. The average molecular weight is 196 g/mol. The van der Waals surface area contributed by atoms with Crippen molar-refractivity contribution in [3.05, 3.63) is 0 Å². The number of carbonyl (C=O) groups excluding carboxylic acids is 1. The second-order valence-electron chi connectivity index (χ2n) is 4.68. The van der Waals surface area contributed by atoms with Gasteiger partial charge in [0, 0.05) is 6.04 Å². The fourth-order valence-electron chi connectivity index (χ4n) is 3.04. The quantitative estimate of drug-likeness (QED) is 0.693. The Labute approximate surface area is 85.4 Å². The highest BCUT2D eigenvalue weighted by Crippen LogP contribution is 2.33. The van der Waals surface area contributed by atoms with Gasteiger partial charge in [0.2, 0.25) is 5.91 Å². The van der Waals surface area contributed by atoms with Gasteiger partial charge in [-0.2, -0.15) is 0 Å². The Hall–Kier alpha value is -0.570. The third-order valence-electron chi connectivity index (χ3n) is 3.78. The van der Waals surface area contributed by atoms with Gasteiger partial charge >= 0.3 is 0 Å². The van der Waals surface area contributed by atoms with E-state index < -0.39 is 0 Å². The highest BCUT2D eigenvalue weighted by atomic mass is 16.1. The summed E-state index contributed by atoms with van der Waals surface area (Å²) >= 11 is 0. The summed E-state index contributed by atoms with van der Waals surface area (Å²) in [5.74, 6) is 0.689. The van der Waals surface area contributed by atoms with E-state index in [4.69, 9.17) is 5.73 Å². The van der Waals surface area contributed by atoms with Crippen LogP contribution in [0.5, 0.6) is 0 Å². The van der Waals surface area contributed by atoms with Gasteiger partial charge in [-0.1, -0.05) is 12.8 Å². The normalized spacial score (nSPS) is 34.6. The second-order valence-corrected chi connectivity index (χ2v) is 4.68. The van der Waals surface area contributed by atoms with Crippen LogP contribution in [0.2, 0.25) is 0 Å². The first kappa shape index (κ1) is 9.97. The van der Waals surface area contributed by atoms with Gasteiger partial charge in [-0.15, -0.1) is 0 Å². The van der Waals surface area contributed by atoms with Gasteiger partial charge in [0.25, 0.3) is 0 Å². The molecular formula is C11H20N2O. The molecule has 80 valence electrons. The number of piperidine rings is 1. The molecule has 0 aromatic rings. The number of amides is 1. The van der Waals surface area contributed by atoms with E-state index in [0.29, 0.717) is 12.0 Å². The maximum absolute atomic E-state index is 11.3. The van der Waals surface area contributed by atoms with E-state index in [-0.39, 0.29) is 11.8 Å². The molecule has 0 aromatic carbocycles. The van der Waals surface area contributed by atoms with E-state index in [2.05, 4.69) is 5.32 Å². The first-order valence-corrected chi connectivity index (χ1v) is 5.82. The average Bonchev–Trinajstić information content (AvgIpc) is 2.70. The molecule has 0 bridgehead atoms. The minimum Gasteiger partial charge on any atom is -0.369 e. The zero-order valence-corrected chi connectivity index (χ0v) is 8.67. The zero-order chi connectivity index (χ0) is 9.97. The molecule has 1 aliphatic carbocycles. The van der Waals surface area contributed by atoms with E-state index >= 15 is 0 Å². The molecule has 2 rings (SSSR count). The maximum Gasteiger partial charge on any atom is 0.222 e. The molecule has 2 fully saturated rings. The van der Waals surface area contributed by atoms with Crippen molar-refractivity contribution in [2.24, 2.45) is 17.6 Å². The highest BCUT2D eigenvalue weighted by molar-refractivity contribution is 5.77. The van der Waals surface area contributed by atoms with Crippen LogP contribution >= 0.6 is 0 Å². The Bertz CT molecular complexity index is 211. The van der Waals surface area contributed by atoms with Crippen molar-refractivity contribution in [2.45, 2.75) is 44.6 Å². The summed E-state index contributed by atoms with van der Waals surface area (Å²) < 4.78 is 0. The van der Waals surface area contributed by atoms with Crippen molar-refractivity contribution in [1.29, 1.82) is 0 Å². The topological polar surface area (TPSA) is 55.1 Å². The largest absolute Gasteiger partial charge is 0.369 e. The van der Waals surface area contributed by atoms with Crippen molar-refractivity contribution in [1.82, 2.24) is 5.32 Å². The number of carbonyl (C=O) groups is 1. The van der Waals surface area contributed by atoms with Crippen molar-refractivity contribution >= 4 is 5.91 Å². The SMILES string of the molecule is NC(=O)C1CCCNC1C1CCCC1. The minimum atomic E-state index is -0.103. The lowest BCUT2D eigenvalue weighted by Crippen LogP contribution is -2.50. The number of rotatable bonds is 2. The predicted octanol–water partition coefficient (Wildman–Crippen LogP) is 1.03. The van der Waals surface area contributed by atoms with Crippen LogP contribution < -0.4 is 11.1 Å². The third-order valence-corrected chi connectivity index (χ3v) is 3.78. The van der Waals surface area contributed by atoms with Crippen LogP contribution in [0, 0.1) is 11.8 Å². The summed E-state index contributed by atoms with van der Waals surface area (Å²) in [6.07, 6.45) is 7.30. The molecule has 1 aliphatic heterocycles. The first-order valence-electron chi connectivity index (χ1n) is 5.82. The fraction of sp³-hybridized carbons (Fsp3) is 0.909. The van der Waals surface area contributed by atoms with Crippen LogP contribution in [-0.4, -0.2) is 18.5 Å². The van der Waals surface area contributed by atoms with Gasteiger partial charge in [0.05, 0.1) is 5.92 Å². The van der Waals surface area contributed by atoms with Gasteiger partial charge in [0.1, 0.15) is 0 Å². The molecule has 1 amide bonds. The summed E-state index contributed by atoms with van der Waals surface area (Å²) in [7, 11) is 0. The van der Waals surface area contributed by atoms with Gasteiger partial charge in [-0.3, -0.25) is 4.79 Å². The third kappa shape index (κ3) is 1.92. The lowest BCUT2D eigenvalue weighted by molar-refractivity contribution is -0.124. The Morgan fingerprint density at radius 1 is 1.14 bits per heavy atom. The molecule has 0 spiro atoms. The number of nitrogens with one attached hydrogen (secondary N) is 1. The van der Waals surface area contributed by atoms with Gasteiger partial charge < -0.3 is 11.1 Å². The first-order chi connectivity index (χ1) is 6.79. The van der Waals surface area contributed by atoms with E-state index in [9.17, 15) is 4.79 Å². The van der Waals surface area contributed by atoms with Gasteiger partial charge in [0.15, 0.2) is 0 Å². The Kier molecular flexibility index (Phi) is 3.06. The van der Waals surface area contributed by atoms with Gasteiger partial charge in [-0.05, 0) is 38.1 Å². The molecule has 0 radical (unpaired) electrons. The lowest BCUT2D eigenvalue weighted by Gasteiger charge is -2.34. The highest BCUT2D eigenvalue weighted by Gasteiger charge is 2.35. The molecule has 1 saturated heterocycles.